The van der Waals surface area contributed by atoms with Crippen LogP contribution in [-0.4, -0.2) is 10.5 Å². The van der Waals surface area contributed by atoms with Crippen LogP contribution in [0.5, 0.6) is 0 Å². The Kier molecular flexibility index (Phi) is 1.63. The van der Waals surface area contributed by atoms with Crippen LogP contribution < -0.4 is 0 Å². The summed E-state index contributed by atoms with van der Waals surface area (Å²) in [5.74, 6) is 0. The first kappa shape index (κ1) is 7.14. The molecule has 0 bridgehead atoms. The van der Waals surface area contributed by atoms with Crippen molar-refractivity contribution in [2.45, 2.75) is 17.9 Å². The van der Waals surface area contributed by atoms with Gasteiger partial charge in [-0.05, 0) is 17.5 Å². The Balaban J connectivity index is 2.47. The molecule has 0 heterocycles. The third-order valence-electron chi connectivity index (χ3n) is 2.13. The van der Waals surface area contributed by atoms with Gasteiger partial charge in [0.1, 0.15) is 0 Å². The van der Waals surface area contributed by atoms with Gasteiger partial charge in [0.05, 0.1) is 11.5 Å². The molecule has 0 aliphatic heterocycles. The van der Waals surface area contributed by atoms with Gasteiger partial charge in [-0.2, -0.15) is 0 Å². The lowest BCUT2D eigenvalue weighted by Crippen LogP contribution is -2.04. The van der Waals surface area contributed by atoms with Gasteiger partial charge in [0.15, 0.2) is 0 Å². The summed E-state index contributed by atoms with van der Waals surface area (Å²) in [6.07, 6.45) is 0.326. The highest BCUT2D eigenvalue weighted by atomic mass is 35.5. The summed E-state index contributed by atoms with van der Waals surface area (Å²) in [5.41, 5.74) is 2.17. The largest absolute Gasteiger partial charge is 0.387 e. The van der Waals surface area contributed by atoms with Crippen molar-refractivity contribution in [1.82, 2.24) is 0 Å². The Hall–Kier alpha value is -0.530. The zero-order chi connectivity index (χ0) is 7.84. The second kappa shape index (κ2) is 2.50. The molecule has 0 spiro atoms. The quantitative estimate of drug-likeness (QED) is 0.587. The maximum absolute atomic E-state index is 9.52. The zero-order valence-electron chi connectivity index (χ0n) is 6.00. The van der Waals surface area contributed by atoms with Gasteiger partial charge in [-0.1, -0.05) is 24.3 Å². The molecule has 1 aliphatic rings. The van der Waals surface area contributed by atoms with Crippen LogP contribution in [0, 0.1) is 0 Å². The molecule has 2 heteroatoms. The summed E-state index contributed by atoms with van der Waals surface area (Å²) in [4.78, 5) is 0. The highest BCUT2D eigenvalue weighted by Gasteiger charge is 2.28. The molecule has 0 saturated heterocycles. The topological polar surface area (TPSA) is 20.2 Å². The minimum atomic E-state index is -0.465. The Bertz CT molecular complexity index is 272. The van der Waals surface area contributed by atoms with Crippen LogP contribution in [-0.2, 0) is 6.42 Å². The number of rotatable bonds is 0. The molecule has 0 fully saturated rings. The standard InChI is InChI=1S/C9H9ClO/c10-8-5-6-3-1-2-4-7(6)9(8)11/h1-4,8-9,11H,5H2/t8-,9+/m0/s1. The molecule has 0 amide bonds. The summed E-state index contributed by atoms with van der Waals surface area (Å²) < 4.78 is 0. The molecule has 1 aliphatic carbocycles. The van der Waals surface area contributed by atoms with Crippen LogP contribution in [0.25, 0.3) is 0 Å². The molecule has 1 aromatic carbocycles. The second-order valence-electron chi connectivity index (χ2n) is 2.86. The lowest BCUT2D eigenvalue weighted by molar-refractivity contribution is 0.183. The summed E-state index contributed by atoms with van der Waals surface area (Å²) in [6, 6.07) is 7.85. The molecule has 0 radical (unpaired) electrons. The van der Waals surface area contributed by atoms with Gasteiger partial charge in [0.25, 0.3) is 0 Å². The van der Waals surface area contributed by atoms with Crippen LogP contribution in [0.2, 0.25) is 0 Å². The molecular weight excluding hydrogens is 160 g/mol. The van der Waals surface area contributed by atoms with Gasteiger partial charge < -0.3 is 5.11 Å². The molecule has 58 valence electrons. The van der Waals surface area contributed by atoms with E-state index in [9.17, 15) is 5.11 Å². The van der Waals surface area contributed by atoms with E-state index in [-0.39, 0.29) is 5.38 Å². The summed E-state index contributed by atoms with van der Waals surface area (Å²) >= 11 is 5.88. The van der Waals surface area contributed by atoms with Crippen molar-refractivity contribution in [2.24, 2.45) is 0 Å². The average Bonchev–Trinajstić information content (AvgIpc) is 2.30. The van der Waals surface area contributed by atoms with Gasteiger partial charge in [-0.3, -0.25) is 0 Å². The van der Waals surface area contributed by atoms with Crippen molar-refractivity contribution in [1.29, 1.82) is 0 Å². The highest BCUT2D eigenvalue weighted by Crippen LogP contribution is 2.34. The van der Waals surface area contributed by atoms with Crippen molar-refractivity contribution in [3.05, 3.63) is 35.4 Å². The van der Waals surface area contributed by atoms with E-state index in [2.05, 4.69) is 0 Å². The zero-order valence-corrected chi connectivity index (χ0v) is 6.75. The third-order valence-corrected chi connectivity index (χ3v) is 2.52. The van der Waals surface area contributed by atoms with Crippen molar-refractivity contribution in [3.63, 3.8) is 0 Å². The SMILES string of the molecule is O[C@@H]1c2ccccc2C[C@@H]1Cl. The molecule has 2 rings (SSSR count). The first-order valence-electron chi connectivity index (χ1n) is 3.69. The Morgan fingerprint density at radius 2 is 2.09 bits per heavy atom. The monoisotopic (exact) mass is 168 g/mol. The van der Waals surface area contributed by atoms with Gasteiger partial charge in [0.2, 0.25) is 0 Å². The number of hydrogen-bond acceptors (Lipinski definition) is 1. The Morgan fingerprint density at radius 3 is 2.82 bits per heavy atom. The van der Waals surface area contributed by atoms with Gasteiger partial charge in [0, 0.05) is 0 Å². The summed E-state index contributed by atoms with van der Waals surface area (Å²) in [7, 11) is 0. The number of fused-ring (bicyclic) bond motifs is 1. The minimum Gasteiger partial charge on any atom is -0.387 e. The highest BCUT2D eigenvalue weighted by molar-refractivity contribution is 6.21. The molecule has 0 unspecified atom stereocenters. The number of halogens is 1. The molecule has 1 N–H and O–H groups in total. The maximum atomic E-state index is 9.52. The van der Waals surface area contributed by atoms with Crippen LogP contribution in [0.15, 0.2) is 24.3 Å². The first-order chi connectivity index (χ1) is 5.29. The average molecular weight is 169 g/mol. The van der Waals surface area contributed by atoms with E-state index < -0.39 is 6.10 Å². The molecule has 11 heavy (non-hydrogen) atoms. The van der Waals surface area contributed by atoms with Crippen LogP contribution >= 0.6 is 11.6 Å². The fourth-order valence-corrected chi connectivity index (χ4v) is 1.83. The van der Waals surface area contributed by atoms with E-state index in [1.165, 1.54) is 5.56 Å². The van der Waals surface area contributed by atoms with E-state index >= 15 is 0 Å². The van der Waals surface area contributed by atoms with E-state index in [0.717, 1.165) is 12.0 Å². The van der Waals surface area contributed by atoms with Crippen LogP contribution in [0.3, 0.4) is 0 Å². The minimum absolute atomic E-state index is 0.132. The Morgan fingerprint density at radius 1 is 1.36 bits per heavy atom. The van der Waals surface area contributed by atoms with E-state index in [1.54, 1.807) is 0 Å². The lowest BCUT2D eigenvalue weighted by atomic mass is 10.1. The van der Waals surface area contributed by atoms with Crippen molar-refractivity contribution in [2.75, 3.05) is 0 Å². The first-order valence-corrected chi connectivity index (χ1v) is 4.12. The number of aliphatic hydroxyl groups is 1. The van der Waals surface area contributed by atoms with Crippen molar-refractivity contribution >= 4 is 11.6 Å². The maximum Gasteiger partial charge on any atom is 0.0959 e. The molecule has 1 aromatic rings. The predicted octanol–water partition coefficient (Wildman–Crippen LogP) is 1.88. The van der Waals surface area contributed by atoms with E-state index in [1.807, 2.05) is 24.3 Å². The molecule has 0 saturated carbocycles. The van der Waals surface area contributed by atoms with Gasteiger partial charge in [-0.25, -0.2) is 0 Å². The van der Waals surface area contributed by atoms with Crippen molar-refractivity contribution < 1.29 is 5.11 Å². The molecular formula is C9H9ClO. The van der Waals surface area contributed by atoms with Crippen molar-refractivity contribution in [3.8, 4) is 0 Å². The second-order valence-corrected chi connectivity index (χ2v) is 3.42. The summed E-state index contributed by atoms with van der Waals surface area (Å²) in [5, 5.41) is 9.39. The normalized spacial score (nSPS) is 28.5. The Labute approximate surface area is 70.6 Å². The number of hydrogen-bond donors (Lipinski definition) is 1. The molecule has 1 nitrogen and oxygen atoms in total. The molecule has 2 atom stereocenters. The lowest BCUT2D eigenvalue weighted by Gasteiger charge is -2.05. The fraction of sp³-hybridized carbons (Fsp3) is 0.333. The number of aliphatic hydroxyl groups excluding tert-OH is 1. The van der Waals surface area contributed by atoms with Crippen LogP contribution in [0.4, 0.5) is 0 Å². The van der Waals surface area contributed by atoms with Gasteiger partial charge in [-0.15, -0.1) is 11.6 Å². The third kappa shape index (κ3) is 1.05. The van der Waals surface area contributed by atoms with Crippen LogP contribution in [0.1, 0.15) is 17.2 Å². The number of benzene rings is 1. The smallest absolute Gasteiger partial charge is 0.0959 e. The molecule has 0 aromatic heterocycles. The summed E-state index contributed by atoms with van der Waals surface area (Å²) in [6.45, 7) is 0. The van der Waals surface area contributed by atoms with Gasteiger partial charge >= 0.3 is 0 Å². The predicted molar refractivity (Wildman–Crippen MR) is 44.7 cm³/mol. The fourth-order valence-electron chi connectivity index (χ4n) is 1.53. The van der Waals surface area contributed by atoms with E-state index in [4.69, 9.17) is 11.6 Å². The number of alkyl halides is 1. The van der Waals surface area contributed by atoms with E-state index in [0.29, 0.717) is 0 Å².